The van der Waals surface area contributed by atoms with Crippen LogP contribution in [0.1, 0.15) is 10.4 Å². The van der Waals surface area contributed by atoms with E-state index in [1.165, 1.54) is 30.7 Å². The summed E-state index contributed by atoms with van der Waals surface area (Å²) in [4.78, 5) is 10.4. The third-order valence-electron chi connectivity index (χ3n) is 1.66. The van der Waals surface area contributed by atoms with Gasteiger partial charge in [0.2, 0.25) is 0 Å². The lowest BCUT2D eigenvalue weighted by Gasteiger charge is -2.01. The van der Waals surface area contributed by atoms with Gasteiger partial charge in [0.05, 0.1) is 20.2 Å². The number of hydrogen-bond donors (Lipinski definition) is 1. The van der Waals surface area contributed by atoms with Crippen LogP contribution in [0, 0.1) is 0 Å². The van der Waals surface area contributed by atoms with Crippen LogP contribution >= 0.6 is 0 Å². The fourth-order valence-corrected chi connectivity index (χ4v) is 3.83. The summed E-state index contributed by atoms with van der Waals surface area (Å²) >= 11 is 0. The average Bonchev–Trinajstić information content (AvgIpc) is 2.14. The van der Waals surface area contributed by atoms with Crippen molar-refractivity contribution in [2.75, 3.05) is 12.5 Å². The molecule has 8 heteroatoms. The second-order valence-corrected chi connectivity index (χ2v) is 7.94. The Labute approximate surface area is 99.5 Å². The van der Waals surface area contributed by atoms with Gasteiger partial charge in [-0.3, -0.25) is 0 Å². The number of rotatable bonds is 3. The molecule has 0 saturated heterocycles. The fourth-order valence-electron chi connectivity index (χ4n) is 1.07. The molecule has 1 rings (SSSR count). The van der Waals surface area contributed by atoms with E-state index in [1.54, 1.807) is 0 Å². The van der Waals surface area contributed by atoms with E-state index in [9.17, 15) is 17.4 Å². The molecule has 0 bridgehead atoms. The van der Waals surface area contributed by atoms with Crippen LogP contribution in [0.25, 0.3) is 0 Å². The SMILES string of the molecule is CS(C)(=O)=NS(=O)(=O)c1cccc(C(=O)O)c1. The van der Waals surface area contributed by atoms with Crippen LogP contribution < -0.4 is 0 Å². The van der Waals surface area contributed by atoms with Gasteiger partial charge in [-0.2, -0.15) is 8.42 Å². The lowest BCUT2D eigenvalue weighted by atomic mass is 10.2. The van der Waals surface area contributed by atoms with Crippen LogP contribution in [-0.4, -0.2) is 36.2 Å². The molecule has 0 amide bonds. The number of benzene rings is 1. The molecule has 1 N–H and O–H groups in total. The van der Waals surface area contributed by atoms with Crippen molar-refractivity contribution in [3.8, 4) is 0 Å². The smallest absolute Gasteiger partial charge is 0.335 e. The standard InChI is InChI=1S/C9H11NO5S2/c1-16(2,13)10-17(14,15)8-5-3-4-7(6-8)9(11)12/h3-6H,1-2H3,(H,11,12). The summed E-state index contributed by atoms with van der Waals surface area (Å²) < 4.78 is 37.9. The minimum Gasteiger partial charge on any atom is -0.478 e. The van der Waals surface area contributed by atoms with Gasteiger partial charge in [-0.15, -0.1) is 3.77 Å². The van der Waals surface area contributed by atoms with Crippen LogP contribution in [0.15, 0.2) is 32.9 Å². The number of carboxylic acids is 1. The van der Waals surface area contributed by atoms with Gasteiger partial charge in [0.15, 0.2) is 0 Å². The number of nitrogens with zero attached hydrogens (tertiary/aromatic N) is 1. The molecule has 6 nitrogen and oxygen atoms in total. The van der Waals surface area contributed by atoms with E-state index in [2.05, 4.69) is 3.77 Å². The highest BCUT2D eigenvalue weighted by atomic mass is 32.3. The Bertz CT molecular complexity index is 660. The zero-order valence-corrected chi connectivity index (χ0v) is 10.8. The Hall–Kier alpha value is -1.41. The van der Waals surface area contributed by atoms with Crippen molar-refractivity contribution in [2.45, 2.75) is 4.90 Å². The van der Waals surface area contributed by atoms with E-state index in [0.717, 1.165) is 6.07 Å². The lowest BCUT2D eigenvalue weighted by Crippen LogP contribution is -2.04. The zero-order valence-electron chi connectivity index (χ0n) is 9.15. The highest BCUT2D eigenvalue weighted by molar-refractivity contribution is 8.02. The highest BCUT2D eigenvalue weighted by Crippen LogP contribution is 2.15. The third-order valence-corrected chi connectivity index (χ3v) is 4.73. The Morgan fingerprint density at radius 1 is 1.24 bits per heavy atom. The van der Waals surface area contributed by atoms with Gasteiger partial charge in [-0.25, -0.2) is 9.00 Å². The number of sulfonamides is 1. The van der Waals surface area contributed by atoms with Gasteiger partial charge >= 0.3 is 5.97 Å². The normalized spacial score (nSPS) is 12.1. The van der Waals surface area contributed by atoms with Gasteiger partial charge in [0.1, 0.15) is 0 Å². The van der Waals surface area contributed by atoms with Crippen molar-refractivity contribution in [3.05, 3.63) is 29.8 Å². The van der Waals surface area contributed by atoms with E-state index in [-0.39, 0.29) is 10.5 Å². The van der Waals surface area contributed by atoms with Gasteiger partial charge in [0.25, 0.3) is 10.0 Å². The van der Waals surface area contributed by atoms with Gasteiger partial charge in [-0.05, 0) is 18.2 Å². The molecule has 0 unspecified atom stereocenters. The molecule has 0 aliphatic heterocycles. The predicted octanol–water partition coefficient (Wildman–Crippen LogP) is 0.801. The van der Waals surface area contributed by atoms with E-state index < -0.39 is 25.7 Å². The topological polar surface area (TPSA) is 101 Å². The molecule has 17 heavy (non-hydrogen) atoms. The van der Waals surface area contributed by atoms with E-state index in [4.69, 9.17) is 5.11 Å². The Morgan fingerprint density at radius 2 is 1.82 bits per heavy atom. The molecule has 0 spiro atoms. The minimum absolute atomic E-state index is 0.167. The molecule has 1 aromatic rings. The molecule has 0 fully saturated rings. The quantitative estimate of drug-likeness (QED) is 0.880. The summed E-state index contributed by atoms with van der Waals surface area (Å²) in [6.07, 6.45) is 2.37. The van der Waals surface area contributed by atoms with Crippen molar-refractivity contribution < 1.29 is 22.5 Å². The summed E-state index contributed by atoms with van der Waals surface area (Å²) in [5, 5.41) is 8.73. The van der Waals surface area contributed by atoms with Crippen molar-refractivity contribution in [1.29, 1.82) is 0 Å². The molecular formula is C9H11NO5S2. The lowest BCUT2D eigenvalue weighted by molar-refractivity contribution is 0.0696. The number of carboxylic acid groups (broad SMARTS) is 1. The monoisotopic (exact) mass is 277 g/mol. The maximum Gasteiger partial charge on any atom is 0.335 e. The zero-order chi connectivity index (χ0) is 13.3. The Morgan fingerprint density at radius 3 is 2.29 bits per heavy atom. The Balaban J connectivity index is 3.41. The summed E-state index contributed by atoms with van der Waals surface area (Å²) in [5.41, 5.74) is -0.167. The Kier molecular flexibility index (Phi) is 3.58. The summed E-state index contributed by atoms with van der Waals surface area (Å²) in [5.74, 6) is -1.24. The molecule has 0 saturated carbocycles. The summed E-state index contributed by atoms with van der Waals surface area (Å²) in [6.45, 7) is 0. The van der Waals surface area contributed by atoms with E-state index >= 15 is 0 Å². The molecular weight excluding hydrogens is 266 g/mol. The van der Waals surface area contributed by atoms with Crippen LogP contribution in [0.4, 0.5) is 0 Å². The van der Waals surface area contributed by atoms with Crippen LogP contribution in [-0.2, 0) is 19.8 Å². The maximum absolute atomic E-state index is 11.7. The molecule has 0 atom stereocenters. The molecule has 94 valence electrons. The van der Waals surface area contributed by atoms with Gasteiger partial charge in [-0.1, -0.05) is 6.07 Å². The minimum atomic E-state index is -4.09. The predicted molar refractivity (Wildman–Crippen MR) is 63.0 cm³/mol. The van der Waals surface area contributed by atoms with E-state index in [1.807, 2.05) is 0 Å². The van der Waals surface area contributed by atoms with Crippen LogP contribution in [0.2, 0.25) is 0 Å². The molecule has 0 aliphatic rings. The molecule has 0 aliphatic carbocycles. The second-order valence-electron chi connectivity index (χ2n) is 3.56. The van der Waals surface area contributed by atoms with Crippen molar-refractivity contribution in [1.82, 2.24) is 0 Å². The van der Waals surface area contributed by atoms with E-state index in [0.29, 0.717) is 0 Å². The number of aromatic carboxylic acids is 1. The van der Waals surface area contributed by atoms with Crippen molar-refractivity contribution >= 4 is 25.7 Å². The average molecular weight is 277 g/mol. The first-order valence-electron chi connectivity index (χ1n) is 4.38. The van der Waals surface area contributed by atoms with Crippen LogP contribution in [0.3, 0.4) is 0 Å². The number of carbonyl (C=O) groups is 1. The van der Waals surface area contributed by atoms with Crippen molar-refractivity contribution in [2.24, 2.45) is 3.77 Å². The number of hydrogen-bond acceptors (Lipinski definition) is 4. The largest absolute Gasteiger partial charge is 0.478 e. The third kappa shape index (κ3) is 3.82. The molecule has 0 heterocycles. The fraction of sp³-hybridized carbons (Fsp3) is 0.222. The summed E-state index contributed by atoms with van der Waals surface area (Å²) in [6, 6.07) is 4.73. The summed E-state index contributed by atoms with van der Waals surface area (Å²) in [7, 11) is -6.91. The molecule has 0 radical (unpaired) electrons. The second kappa shape index (κ2) is 4.46. The van der Waals surface area contributed by atoms with Crippen molar-refractivity contribution in [3.63, 3.8) is 0 Å². The molecule has 1 aromatic carbocycles. The first-order chi connectivity index (χ1) is 7.62. The maximum atomic E-state index is 11.7. The van der Waals surface area contributed by atoms with Gasteiger partial charge < -0.3 is 5.11 Å². The first kappa shape index (κ1) is 13.7. The van der Waals surface area contributed by atoms with Crippen LogP contribution in [0.5, 0.6) is 0 Å². The highest BCUT2D eigenvalue weighted by Gasteiger charge is 2.16. The molecule has 0 aromatic heterocycles. The first-order valence-corrected chi connectivity index (χ1v) is 8.16. The van der Waals surface area contributed by atoms with Gasteiger partial charge in [0, 0.05) is 12.5 Å².